The molecule has 0 radical (unpaired) electrons. The topological polar surface area (TPSA) is 46.5 Å². The lowest BCUT2D eigenvalue weighted by atomic mass is 10.1. The number of ether oxygens (including phenoxy) is 1. The van der Waals surface area contributed by atoms with Crippen LogP contribution >= 0.6 is 0 Å². The van der Waals surface area contributed by atoms with Gasteiger partial charge in [0.15, 0.2) is 0 Å². The van der Waals surface area contributed by atoms with Crippen LogP contribution in [0.3, 0.4) is 0 Å². The van der Waals surface area contributed by atoms with E-state index in [0.717, 1.165) is 6.42 Å². The second-order valence-corrected chi connectivity index (χ2v) is 3.57. The number of aliphatic hydroxyl groups excluding tert-OH is 1. The van der Waals surface area contributed by atoms with Crippen LogP contribution in [0.15, 0.2) is 36.5 Å². The summed E-state index contributed by atoms with van der Waals surface area (Å²) in [5.74, 6) is -0.315. The van der Waals surface area contributed by atoms with E-state index >= 15 is 0 Å². The molecule has 0 aromatic carbocycles. The number of hydrogen-bond donors (Lipinski definition) is 1. The first-order chi connectivity index (χ1) is 8.15. The molecule has 0 aliphatic carbocycles. The van der Waals surface area contributed by atoms with Crippen molar-refractivity contribution in [2.45, 2.75) is 39.2 Å². The molecule has 3 nitrogen and oxygen atoms in total. The van der Waals surface area contributed by atoms with Crippen molar-refractivity contribution in [2.24, 2.45) is 0 Å². The van der Waals surface area contributed by atoms with E-state index in [1.54, 1.807) is 19.1 Å². The molecule has 0 rings (SSSR count). The molecule has 0 saturated heterocycles. The molecular weight excluding hydrogens is 216 g/mol. The maximum absolute atomic E-state index is 11.6. The first-order valence-electron chi connectivity index (χ1n) is 6.00. The molecule has 0 spiro atoms. The van der Waals surface area contributed by atoms with E-state index in [2.05, 4.69) is 6.58 Å². The van der Waals surface area contributed by atoms with Gasteiger partial charge in [0.05, 0.1) is 18.3 Å². The van der Waals surface area contributed by atoms with Gasteiger partial charge in [0.25, 0.3) is 0 Å². The summed E-state index contributed by atoms with van der Waals surface area (Å²) in [7, 11) is 0. The highest BCUT2D eigenvalue weighted by Crippen LogP contribution is 2.07. The summed E-state index contributed by atoms with van der Waals surface area (Å²) in [4.78, 5) is 11.6. The Morgan fingerprint density at radius 3 is 2.71 bits per heavy atom. The Labute approximate surface area is 103 Å². The number of esters is 1. The molecule has 1 atom stereocenters. The summed E-state index contributed by atoms with van der Waals surface area (Å²) in [6.07, 6.45) is 8.47. The quantitative estimate of drug-likeness (QED) is 0.306. The van der Waals surface area contributed by atoms with Crippen LogP contribution in [0.25, 0.3) is 0 Å². The molecule has 0 heterocycles. The summed E-state index contributed by atoms with van der Waals surface area (Å²) < 4.78 is 4.94. The summed E-state index contributed by atoms with van der Waals surface area (Å²) in [6, 6.07) is 0. The van der Waals surface area contributed by atoms with Gasteiger partial charge in [0.1, 0.15) is 0 Å². The van der Waals surface area contributed by atoms with Crippen molar-refractivity contribution in [3.8, 4) is 0 Å². The average Bonchev–Trinajstić information content (AvgIpc) is 2.33. The highest BCUT2D eigenvalue weighted by atomic mass is 16.5. The van der Waals surface area contributed by atoms with Crippen LogP contribution in [-0.4, -0.2) is 23.8 Å². The van der Waals surface area contributed by atoms with Gasteiger partial charge in [-0.3, -0.25) is 0 Å². The summed E-state index contributed by atoms with van der Waals surface area (Å²) in [6.45, 7) is 7.64. The molecule has 0 amide bonds. The lowest BCUT2D eigenvalue weighted by Crippen LogP contribution is -2.06. The zero-order valence-electron chi connectivity index (χ0n) is 10.7. The predicted molar refractivity (Wildman–Crippen MR) is 69.6 cm³/mol. The van der Waals surface area contributed by atoms with Gasteiger partial charge in [-0.05, 0) is 26.2 Å². The third-order valence-corrected chi connectivity index (χ3v) is 2.14. The summed E-state index contributed by atoms with van der Waals surface area (Å²) in [5, 5.41) is 9.31. The summed E-state index contributed by atoms with van der Waals surface area (Å²) >= 11 is 0. The molecule has 0 fully saturated rings. The fourth-order valence-corrected chi connectivity index (χ4v) is 1.21. The normalized spacial score (nSPS) is 13.7. The van der Waals surface area contributed by atoms with Crippen molar-refractivity contribution in [1.29, 1.82) is 0 Å². The number of carbonyl (C=O) groups excluding carboxylic acids is 1. The maximum atomic E-state index is 11.6. The van der Waals surface area contributed by atoms with Gasteiger partial charge < -0.3 is 9.84 Å². The number of allylic oxidation sites excluding steroid dienone is 2. The minimum atomic E-state index is -0.523. The number of carbonyl (C=O) groups is 1. The minimum Gasteiger partial charge on any atom is -0.462 e. The number of rotatable bonds is 8. The van der Waals surface area contributed by atoms with Crippen LogP contribution in [0, 0.1) is 0 Å². The molecular formula is C14H22O3. The van der Waals surface area contributed by atoms with Gasteiger partial charge in [0.2, 0.25) is 0 Å². The van der Waals surface area contributed by atoms with Crippen molar-refractivity contribution in [2.75, 3.05) is 6.61 Å². The van der Waals surface area contributed by atoms with Crippen molar-refractivity contribution in [3.63, 3.8) is 0 Å². The van der Waals surface area contributed by atoms with Crippen molar-refractivity contribution >= 4 is 5.97 Å². The van der Waals surface area contributed by atoms with Crippen LogP contribution in [0.2, 0.25) is 0 Å². The smallest absolute Gasteiger partial charge is 0.337 e. The van der Waals surface area contributed by atoms with Crippen LogP contribution in [0.1, 0.15) is 33.1 Å². The molecule has 96 valence electrons. The summed E-state index contributed by atoms with van der Waals surface area (Å²) in [5.41, 5.74) is 0.546. The van der Waals surface area contributed by atoms with Gasteiger partial charge >= 0.3 is 5.97 Å². The van der Waals surface area contributed by atoms with Crippen molar-refractivity contribution < 1.29 is 14.6 Å². The van der Waals surface area contributed by atoms with E-state index in [1.807, 2.05) is 13.0 Å². The fourth-order valence-electron chi connectivity index (χ4n) is 1.21. The van der Waals surface area contributed by atoms with Gasteiger partial charge in [-0.2, -0.15) is 0 Å². The Bertz CT molecular complexity index is 290. The van der Waals surface area contributed by atoms with Crippen molar-refractivity contribution in [1.82, 2.24) is 0 Å². The third kappa shape index (κ3) is 7.53. The van der Waals surface area contributed by atoms with Gasteiger partial charge in [-0.1, -0.05) is 31.2 Å². The molecule has 0 saturated carbocycles. The Morgan fingerprint density at radius 2 is 2.18 bits per heavy atom. The van der Waals surface area contributed by atoms with Crippen LogP contribution in [0.5, 0.6) is 0 Å². The molecule has 1 unspecified atom stereocenters. The Morgan fingerprint density at radius 1 is 1.47 bits per heavy atom. The largest absolute Gasteiger partial charge is 0.462 e. The van der Waals surface area contributed by atoms with E-state index in [1.165, 1.54) is 6.08 Å². The second kappa shape index (κ2) is 9.85. The molecule has 0 aliphatic heterocycles. The fraction of sp³-hybridized carbons (Fsp3) is 0.500. The Kier molecular flexibility index (Phi) is 9.06. The third-order valence-electron chi connectivity index (χ3n) is 2.14. The van der Waals surface area contributed by atoms with Gasteiger partial charge in [0, 0.05) is 0 Å². The lowest BCUT2D eigenvalue weighted by Gasteiger charge is -2.04. The Balaban J connectivity index is 4.45. The molecule has 17 heavy (non-hydrogen) atoms. The zero-order valence-corrected chi connectivity index (χ0v) is 10.7. The molecule has 3 heteroatoms. The molecule has 1 N–H and O–H groups in total. The van der Waals surface area contributed by atoms with Gasteiger partial charge in [-0.15, -0.1) is 6.58 Å². The Hall–Kier alpha value is -1.35. The molecule has 0 bridgehead atoms. The van der Waals surface area contributed by atoms with Crippen LogP contribution < -0.4 is 0 Å². The molecule has 0 aromatic heterocycles. The first kappa shape index (κ1) is 15.7. The van der Waals surface area contributed by atoms with E-state index in [4.69, 9.17) is 4.74 Å². The standard InChI is InChI=1S/C14H22O3/c1-4-7-9-12(14(16)17-6-3)10-8-11-13(15)5-2/h5,7,9-10,13,15H,2,4,6,8,11H2,1,3H3/b9-7+,12-10-. The van der Waals surface area contributed by atoms with E-state index in [0.29, 0.717) is 25.0 Å². The van der Waals surface area contributed by atoms with E-state index < -0.39 is 6.10 Å². The minimum absolute atomic E-state index is 0.315. The predicted octanol–water partition coefficient (Wildman–Crippen LogP) is 2.77. The van der Waals surface area contributed by atoms with Crippen LogP contribution in [-0.2, 0) is 9.53 Å². The zero-order chi connectivity index (χ0) is 13.1. The monoisotopic (exact) mass is 238 g/mol. The van der Waals surface area contributed by atoms with E-state index in [-0.39, 0.29) is 5.97 Å². The van der Waals surface area contributed by atoms with Gasteiger partial charge in [-0.25, -0.2) is 4.79 Å². The first-order valence-corrected chi connectivity index (χ1v) is 6.00. The molecule has 0 aromatic rings. The highest BCUT2D eigenvalue weighted by molar-refractivity contribution is 5.91. The second-order valence-electron chi connectivity index (χ2n) is 3.57. The SMILES string of the molecule is C=CC(O)CC/C=C(/C=C/CC)C(=O)OCC. The number of aliphatic hydroxyl groups is 1. The molecule has 0 aliphatic rings. The lowest BCUT2D eigenvalue weighted by molar-refractivity contribution is -0.138. The van der Waals surface area contributed by atoms with Crippen molar-refractivity contribution in [3.05, 3.63) is 36.5 Å². The highest BCUT2D eigenvalue weighted by Gasteiger charge is 2.06. The number of hydrogen-bond acceptors (Lipinski definition) is 3. The van der Waals surface area contributed by atoms with Crippen LogP contribution in [0.4, 0.5) is 0 Å². The maximum Gasteiger partial charge on any atom is 0.337 e. The average molecular weight is 238 g/mol. The van der Waals surface area contributed by atoms with E-state index in [9.17, 15) is 9.90 Å².